The van der Waals surface area contributed by atoms with E-state index < -0.39 is 56.9 Å². The van der Waals surface area contributed by atoms with Gasteiger partial charge in [0.25, 0.3) is 61.4 Å². The Morgan fingerprint density at radius 3 is 0.745 bits per heavy atom. The topological polar surface area (TPSA) is 543 Å². The third kappa shape index (κ3) is 27.3. The standard InChI is InChI=1S/3C25H24ClN5O5S.C19H21N5O3.C6H4Cl2O2S/c3*1-15(23(32)27-2)13-31-14-29-20-9-8-16(10-18(20)25(31)33)17-11-21(24(36-3)28-12-17)30-37(34,35)22-7-5-4-6-19(22)26;1-11(17(25)21-2)9-24-10-23-16-5-4-12(6-14(16)19(24)26)13-7-15(20)18(27-3)22-8-13;7-5-3-1-2-4-6(5)11(8,9)10/h3*4-12,14-15,30H,13H2,1-3H3,(H,27,32);4-8,10-11H,9,20H2,1-3H3,(H,21,25);1-4H/t2*15-;;;/m10.../s1. The van der Waals surface area contributed by atoms with Crippen molar-refractivity contribution in [3.8, 4) is 68.0 Å². The number of carbonyl (C=O) groups excluding carboxylic acids is 4. The molecule has 149 heavy (non-hydrogen) atoms. The predicted molar refractivity (Wildman–Crippen MR) is 572 cm³/mol. The van der Waals surface area contributed by atoms with Crippen LogP contribution >= 0.6 is 57.1 Å². The van der Waals surface area contributed by atoms with Crippen molar-refractivity contribution in [1.29, 1.82) is 0 Å². The van der Waals surface area contributed by atoms with Gasteiger partial charge in [0.15, 0.2) is 0 Å². The number of amides is 4. The summed E-state index contributed by atoms with van der Waals surface area (Å²) in [6.45, 7) is 7.69. The number of aromatic nitrogens is 12. The lowest BCUT2D eigenvalue weighted by Crippen LogP contribution is -2.32. The van der Waals surface area contributed by atoms with Crippen LogP contribution in [0.4, 0.5) is 22.7 Å². The summed E-state index contributed by atoms with van der Waals surface area (Å²) in [6.07, 6.45) is 11.9. The highest BCUT2D eigenvalue weighted by Gasteiger charge is 2.28. The first-order valence-corrected chi connectivity index (χ1v) is 52.9. The van der Waals surface area contributed by atoms with E-state index in [1.807, 2.05) is 6.07 Å². The second-order valence-electron chi connectivity index (χ2n) is 32.9. The number of sulfonamides is 3. The Kier molecular flexibility index (Phi) is 37.1. The number of hydrogen-bond acceptors (Lipinski definition) is 29. The molecule has 8 aromatic heterocycles. The van der Waals surface area contributed by atoms with E-state index in [1.165, 1.54) is 160 Å². The summed E-state index contributed by atoms with van der Waals surface area (Å²) in [5, 5.41) is 12.1. The maximum atomic E-state index is 13.2. The summed E-state index contributed by atoms with van der Waals surface area (Å²) < 4.78 is 133. The van der Waals surface area contributed by atoms with Crippen molar-refractivity contribution in [1.82, 2.24) is 79.4 Å². The SMILES string of the molecule is CNC(=O)C(C)Cn1cnc2ccc(-c3cnc(OC)c(N)c3)cc2c1=O.CNC(=O)C(C)Cn1cnc2ccc(-c3cnc(OC)c(NS(=O)(=O)c4ccccc4Cl)c3)cc2c1=O.CNC(=O)[C@@H](C)Cn1cnc2ccc(-c3cnc(OC)c(NS(=O)(=O)c4ccccc4Cl)c3)cc2c1=O.CNC(=O)[C@H](C)Cn1cnc2ccc(-c3cnc(OC)c(NS(=O)(=O)c4ccccc4Cl)c3)cc2c1=O.O=S(=O)(Cl)c1ccccc1Cl. The molecule has 8 heterocycles. The molecule has 0 fully saturated rings. The van der Waals surface area contributed by atoms with Gasteiger partial charge in [-0.05, 0) is 144 Å². The molecule has 0 aliphatic carbocycles. The number of methoxy groups -OCH3 is 4. The van der Waals surface area contributed by atoms with Gasteiger partial charge in [-0.2, -0.15) is 0 Å². The molecule has 4 amide bonds. The van der Waals surface area contributed by atoms with Crippen LogP contribution in [-0.2, 0) is 84.5 Å². The summed E-state index contributed by atoms with van der Waals surface area (Å²) >= 11 is 23.8. The highest BCUT2D eigenvalue weighted by molar-refractivity contribution is 8.13. The van der Waals surface area contributed by atoms with E-state index in [0.717, 1.165) is 11.1 Å². The Balaban J connectivity index is 0.000000171. The Bertz CT molecular complexity index is 7990. The van der Waals surface area contributed by atoms with E-state index in [1.54, 1.807) is 180 Å². The average molecular weight is 2200 g/mol. The zero-order valence-corrected chi connectivity index (χ0v) is 88.4. The Morgan fingerprint density at radius 1 is 0.315 bits per heavy atom. The van der Waals surface area contributed by atoms with E-state index in [0.29, 0.717) is 88.6 Å². The van der Waals surface area contributed by atoms with Crippen LogP contribution in [0.3, 0.4) is 0 Å². The Labute approximate surface area is 878 Å². The molecule has 776 valence electrons. The first-order valence-electron chi connectivity index (χ1n) is 44.7. The molecular weight excluding hydrogens is 2110 g/mol. The number of rotatable bonds is 30. The van der Waals surface area contributed by atoms with Gasteiger partial charge in [0.2, 0.25) is 47.1 Å². The van der Waals surface area contributed by atoms with Crippen LogP contribution in [0.5, 0.6) is 23.5 Å². The highest BCUT2D eigenvalue weighted by atomic mass is 35.7. The lowest BCUT2D eigenvalue weighted by atomic mass is 10.0. The molecule has 40 nitrogen and oxygen atoms in total. The van der Waals surface area contributed by atoms with Gasteiger partial charge in [0, 0.05) is 112 Å². The molecule has 0 aliphatic heterocycles. The molecule has 49 heteroatoms. The molecule has 0 saturated heterocycles. The van der Waals surface area contributed by atoms with Crippen molar-refractivity contribution >= 4 is 186 Å². The van der Waals surface area contributed by atoms with Gasteiger partial charge in [0.1, 0.15) is 36.6 Å². The minimum absolute atomic E-state index is 0.0525. The van der Waals surface area contributed by atoms with Gasteiger partial charge in [-0.15, -0.1) is 0 Å². The second-order valence-corrected chi connectivity index (χ2v) is 42.1. The summed E-state index contributed by atoms with van der Waals surface area (Å²) in [5.74, 6) is -1.76. The maximum absolute atomic E-state index is 13.2. The number of nitrogen functional groups attached to an aromatic ring is 1. The number of nitrogens with one attached hydrogen (secondary N) is 7. The lowest BCUT2D eigenvalue weighted by Gasteiger charge is -2.14. The summed E-state index contributed by atoms with van der Waals surface area (Å²) in [5.41, 5.74) is 12.6. The first kappa shape index (κ1) is 112. The molecule has 9 N–H and O–H groups in total. The molecule has 8 aromatic carbocycles. The normalized spacial score (nSPS) is 12.1. The molecule has 16 rings (SSSR count). The molecule has 2 unspecified atom stereocenters. The number of halogens is 5. The molecular formula is C100H97Cl5N20O20S4. The number of benzene rings is 8. The molecule has 0 radical (unpaired) electrons. The third-order valence-corrected chi connectivity index (χ3v) is 30.1. The number of carbonyl (C=O) groups is 4. The van der Waals surface area contributed by atoms with Crippen LogP contribution in [0.25, 0.3) is 88.1 Å². The van der Waals surface area contributed by atoms with Gasteiger partial charge < -0.3 is 45.9 Å². The Hall–Kier alpha value is -15.6. The lowest BCUT2D eigenvalue weighted by molar-refractivity contribution is -0.125. The average Bonchev–Trinajstić information content (AvgIpc) is 0.787. The van der Waals surface area contributed by atoms with Gasteiger partial charge in [0.05, 0.1) is 147 Å². The number of anilines is 4. The largest absolute Gasteiger partial charge is 0.480 e. The van der Waals surface area contributed by atoms with E-state index in [9.17, 15) is 72.0 Å². The minimum atomic E-state index is -4.04. The molecule has 0 spiro atoms. The fourth-order valence-corrected chi connectivity index (χ4v) is 21.1. The summed E-state index contributed by atoms with van der Waals surface area (Å²) in [4.78, 5) is 134. The van der Waals surface area contributed by atoms with Crippen LogP contribution in [-0.4, -0.2) is 172 Å². The van der Waals surface area contributed by atoms with Crippen LogP contribution in [0, 0.1) is 23.7 Å². The zero-order chi connectivity index (χ0) is 108. The van der Waals surface area contributed by atoms with Crippen LogP contribution in [0.15, 0.2) is 283 Å². The van der Waals surface area contributed by atoms with Crippen LogP contribution in [0.2, 0.25) is 20.1 Å². The number of pyridine rings is 4. The molecule has 0 aliphatic rings. The van der Waals surface area contributed by atoms with Crippen molar-refractivity contribution < 1.29 is 71.8 Å². The predicted octanol–water partition coefficient (Wildman–Crippen LogP) is 13.6. The van der Waals surface area contributed by atoms with E-state index in [4.69, 9.17) is 81.8 Å². The molecule has 4 atom stereocenters. The quantitative estimate of drug-likeness (QED) is 0.0194. The van der Waals surface area contributed by atoms with Gasteiger partial charge >= 0.3 is 0 Å². The minimum Gasteiger partial charge on any atom is -0.480 e. The first-order chi connectivity index (χ1) is 70.9. The summed E-state index contributed by atoms with van der Waals surface area (Å²) in [7, 11) is 1.05. The van der Waals surface area contributed by atoms with Crippen molar-refractivity contribution in [3.05, 3.63) is 306 Å². The van der Waals surface area contributed by atoms with E-state index in [2.05, 4.69) is 75.3 Å². The molecule has 0 bridgehead atoms. The Morgan fingerprint density at radius 2 is 0.537 bits per heavy atom. The monoisotopic (exact) mass is 2200 g/mol. The van der Waals surface area contributed by atoms with Crippen molar-refractivity contribution in [2.45, 2.75) is 73.5 Å². The summed E-state index contributed by atoms with van der Waals surface area (Å²) in [6, 6.07) is 51.3. The fraction of sp³-hybridized carbons (Fsp3) is 0.200. The van der Waals surface area contributed by atoms with Gasteiger partial charge in [-0.3, -0.25) is 70.8 Å². The van der Waals surface area contributed by atoms with Crippen molar-refractivity contribution in [2.24, 2.45) is 23.7 Å². The molecule has 16 aromatic rings. The number of fused-ring (bicyclic) bond motifs is 4. The molecule has 0 saturated carbocycles. The number of ether oxygens (including phenoxy) is 4. The van der Waals surface area contributed by atoms with Crippen molar-refractivity contribution in [2.75, 3.05) is 76.5 Å². The van der Waals surface area contributed by atoms with Crippen LogP contribution < -0.4 is 82.4 Å². The number of nitrogens with zero attached hydrogens (tertiary/aromatic N) is 12. The smallest absolute Gasteiger partial charge is 0.263 e. The fourth-order valence-electron chi connectivity index (χ4n) is 14.9. The van der Waals surface area contributed by atoms with E-state index in [-0.39, 0.29) is 152 Å². The highest BCUT2D eigenvalue weighted by Crippen LogP contribution is 2.38. The zero-order valence-electron chi connectivity index (χ0n) is 81.4. The van der Waals surface area contributed by atoms with Gasteiger partial charge in [-0.25, -0.2) is 73.5 Å². The van der Waals surface area contributed by atoms with Crippen LogP contribution in [0.1, 0.15) is 27.7 Å². The van der Waals surface area contributed by atoms with Crippen molar-refractivity contribution in [3.63, 3.8) is 0 Å². The maximum Gasteiger partial charge on any atom is 0.263 e. The second kappa shape index (κ2) is 49.3. The van der Waals surface area contributed by atoms with E-state index >= 15 is 0 Å². The third-order valence-electron chi connectivity index (χ3n) is 22.7. The van der Waals surface area contributed by atoms with Gasteiger partial charge in [-0.1, -0.05) is 147 Å². The number of hydrogen-bond donors (Lipinski definition) is 8. The number of nitrogens with two attached hydrogens (primary N) is 1.